The highest BCUT2D eigenvalue weighted by atomic mass is 19.4. The summed E-state index contributed by atoms with van der Waals surface area (Å²) in [7, 11) is 1.34. The zero-order valence-electron chi connectivity index (χ0n) is 17.8. The number of hydrogen-bond donors (Lipinski definition) is 1. The Morgan fingerprint density at radius 1 is 1.16 bits per heavy atom. The highest BCUT2D eigenvalue weighted by molar-refractivity contribution is 5.69. The van der Waals surface area contributed by atoms with Crippen LogP contribution in [0, 0.1) is 0 Å². The van der Waals surface area contributed by atoms with Gasteiger partial charge in [0.05, 0.1) is 24.8 Å². The standard InChI is InChI=1S/C24H26F3NO4/c1-30-23(29)11-10-22-28-20-9-7-17(13-21(20)32-22)31-14-15-6-8-18(16-4-2-3-5-16)19(12-15)24(25,26)27/h6-9,12-13,16,22,28H,2-5,10-11,14H2,1H3. The lowest BCUT2D eigenvalue weighted by Gasteiger charge is -2.19. The largest absolute Gasteiger partial charge is 0.489 e. The van der Waals surface area contributed by atoms with Gasteiger partial charge in [0.25, 0.3) is 0 Å². The number of fused-ring (bicyclic) bond motifs is 1. The van der Waals surface area contributed by atoms with Crippen molar-refractivity contribution < 1.29 is 32.2 Å². The summed E-state index contributed by atoms with van der Waals surface area (Å²) in [5.41, 5.74) is 1.08. The average Bonchev–Trinajstić information content (AvgIpc) is 3.44. The molecule has 172 valence electrons. The Balaban J connectivity index is 1.41. The predicted molar refractivity (Wildman–Crippen MR) is 113 cm³/mol. The lowest BCUT2D eigenvalue weighted by Crippen LogP contribution is -2.21. The van der Waals surface area contributed by atoms with E-state index in [2.05, 4.69) is 10.1 Å². The Morgan fingerprint density at radius 3 is 2.66 bits per heavy atom. The van der Waals surface area contributed by atoms with Gasteiger partial charge in [-0.15, -0.1) is 0 Å². The number of hydrogen-bond acceptors (Lipinski definition) is 5. The molecule has 0 aromatic heterocycles. The van der Waals surface area contributed by atoms with E-state index in [1.54, 1.807) is 30.3 Å². The second-order valence-electron chi connectivity index (χ2n) is 8.21. The van der Waals surface area contributed by atoms with Crippen molar-refractivity contribution >= 4 is 11.7 Å². The van der Waals surface area contributed by atoms with E-state index in [1.807, 2.05) is 0 Å². The van der Waals surface area contributed by atoms with E-state index in [0.29, 0.717) is 29.0 Å². The van der Waals surface area contributed by atoms with Crippen LogP contribution in [0.1, 0.15) is 61.1 Å². The van der Waals surface area contributed by atoms with Crippen LogP contribution in [0.3, 0.4) is 0 Å². The lowest BCUT2D eigenvalue weighted by molar-refractivity contribution is -0.141. The number of anilines is 1. The third-order valence-electron chi connectivity index (χ3n) is 6.00. The number of ether oxygens (including phenoxy) is 3. The highest BCUT2D eigenvalue weighted by Crippen LogP contribution is 2.42. The fourth-order valence-electron chi connectivity index (χ4n) is 4.35. The molecular formula is C24H26F3NO4. The minimum atomic E-state index is -4.39. The maximum atomic E-state index is 13.7. The molecule has 32 heavy (non-hydrogen) atoms. The molecule has 1 fully saturated rings. The molecule has 1 saturated carbocycles. The Labute approximate surface area is 184 Å². The number of esters is 1. The number of alkyl halides is 3. The van der Waals surface area contributed by atoms with E-state index in [4.69, 9.17) is 9.47 Å². The van der Waals surface area contributed by atoms with Crippen molar-refractivity contribution in [2.24, 2.45) is 0 Å². The van der Waals surface area contributed by atoms with Gasteiger partial charge in [0, 0.05) is 12.5 Å². The van der Waals surface area contributed by atoms with Gasteiger partial charge in [-0.3, -0.25) is 4.79 Å². The second-order valence-corrected chi connectivity index (χ2v) is 8.21. The fraction of sp³-hybridized carbons (Fsp3) is 0.458. The summed E-state index contributed by atoms with van der Waals surface area (Å²) in [6, 6.07) is 9.75. The average molecular weight is 449 g/mol. The minimum Gasteiger partial charge on any atom is -0.489 e. The van der Waals surface area contributed by atoms with E-state index < -0.39 is 11.7 Å². The first-order chi connectivity index (χ1) is 15.3. The van der Waals surface area contributed by atoms with Gasteiger partial charge in [-0.05, 0) is 48.1 Å². The van der Waals surface area contributed by atoms with Crippen molar-refractivity contribution in [1.29, 1.82) is 0 Å². The number of carbonyl (C=O) groups is 1. The quantitative estimate of drug-likeness (QED) is 0.524. The molecular weight excluding hydrogens is 423 g/mol. The molecule has 1 heterocycles. The molecule has 1 aliphatic heterocycles. The highest BCUT2D eigenvalue weighted by Gasteiger charge is 2.36. The monoisotopic (exact) mass is 449 g/mol. The number of carbonyl (C=O) groups excluding carboxylic acids is 1. The number of benzene rings is 2. The summed E-state index contributed by atoms with van der Waals surface area (Å²) in [5.74, 6) is 0.736. The van der Waals surface area contributed by atoms with Crippen LogP contribution in [-0.4, -0.2) is 19.3 Å². The van der Waals surface area contributed by atoms with Gasteiger partial charge in [-0.1, -0.05) is 25.0 Å². The molecule has 0 radical (unpaired) electrons. The smallest absolute Gasteiger partial charge is 0.416 e. The maximum absolute atomic E-state index is 13.7. The molecule has 0 saturated heterocycles. The third-order valence-corrected chi connectivity index (χ3v) is 6.00. The van der Waals surface area contributed by atoms with Crippen LogP contribution < -0.4 is 14.8 Å². The Bertz CT molecular complexity index is 970. The first-order valence-corrected chi connectivity index (χ1v) is 10.8. The molecule has 1 unspecified atom stereocenters. The molecule has 2 aromatic rings. The van der Waals surface area contributed by atoms with E-state index in [1.165, 1.54) is 13.2 Å². The molecule has 0 bridgehead atoms. The summed E-state index contributed by atoms with van der Waals surface area (Å²) in [5, 5.41) is 3.16. The molecule has 1 atom stereocenters. The molecule has 0 amide bonds. The van der Waals surface area contributed by atoms with Crippen LogP contribution in [0.15, 0.2) is 36.4 Å². The summed E-state index contributed by atoms with van der Waals surface area (Å²) >= 11 is 0. The molecule has 2 aliphatic rings. The Hall–Kier alpha value is -2.90. The van der Waals surface area contributed by atoms with Crippen molar-refractivity contribution in [3.8, 4) is 11.5 Å². The zero-order chi connectivity index (χ0) is 22.7. The predicted octanol–water partition coefficient (Wildman–Crippen LogP) is 6.03. The molecule has 5 nitrogen and oxygen atoms in total. The number of nitrogens with one attached hydrogen (secondary N) is 1. The number of halogens is 3. The minimum absolute atomic E-state index is 0.0184. The summed E-state index contributed by atoms with van der Waals surface area (Å²) in [6.07, 6.45) is -0.491. The summed E-state index contributed by atoms with van der Waals surface area (Å²) in [6.45, 7) is 0.0199. The topological polar surface area (TPSA) is 56.8 Å². The van der Waals surface area contributed by atoms with E-state index in [-0.39, 0.29) is 31.1 Å². The van der Waals surface area contributed by atoms with Gasteiger partial charge in [0.1, 0.15) is 18.1 Å². The molecule has 1 N–H and O–H groups in total. The fourth-order valence-corrected chi connectivity index (χ4v) is 4.35. The maximum Gasteiger partial charge on any atom is 0.416 e. The van der Waals surface area contributed by atoms with Crippen molar-refractivity contribution in [2.75, 3.05) is 12.4 Å². The molecule has 1 aliphatic carbocycles. The summed E-state index contributed by atoms with van der Waals surface area (Å²) in [4.78, 5) is 11.3. The van der Waals surface area contributed by atoms with Gasteiger partial charge in [0.15, 0.2) is 6.23 Å². The van der Waals surface area contributed by atoms with Gasteiger partial charge in [-0.2, -0.15) is 13.2 Å². The zero-order valence-corrected chi connectivity index (χ0v) is 17.8. The van der Waals surface area contributed by atoms with Crippen LogP contribution in [0.5, 0.6) is 11.5 Å². The number of rotatable bonds is 7. The van der Waals surface area contributed by atoms with Gasteiger partial charge >= 0.3 is 12.1 Å². The summed E-state index contributed by atoms with van der Waals surface area (Å²) < 4.78 is 57.2. The molecule has 0 spiro atoms. The van der Waals surface area contributed by atoms with E-state index in [9.17, 15) is 18.0 Å². The first kappa shape index (κ1) is 22.3. The van der Waals surface area contributed by atoms with Crippen LogP contribution in [0.25, 0.3) is 0 Å². The van der Waals surface area contributed by atoms with Gasteiger partial charge < -0.3 is 19.5 Å². The molecule has 2 aromatic carbocycles. The number of methoxy groups -OCH3 is 1. The Morgan fingerprint density at radius 2 is 1.94 bits per heavy atom. The van der Waals surface area contributed by atoms with E-state index >= 15 is 0 Å². The van der Waals surface area contributed by atoms with Crippen molar-refractivity contribution in [1.82, 2.24) is 0 Å². The van der Waals surface area contributed by atoms with Crippen molar-refractivity contribution in [2.45, 2.75) is 63.5 Å². The lowest BCUT2D eigenvalue weighted by atomic mass is 9.91. The van der Waals surface area contributed by atoms with Crippen molar-refractivity contribution in [3.05, 3.63) is 53.1 Å². The van der Waals surface area contributed by atoms with E-state index in [0.717, 1.165) is 31.4 Å². The van der Waals surface area contributed by atoms with Crippen LogP contribution >= 0.6 is 0 Å². The SMILES string of the molecule is COC(=O)CCC1Nc2ccc(OCc3ccc(C4CCCC4)c(C(F)(F)F)c3)cc2O1. The molecule has 8 heteroatoms. The molecule has 4 rings (SSSR count). The third kappa shape index (κ3) is 5.11. The van der Waals surface area contributed by atoms with Gasteiger partial charge in [0.2, 0.25) is 0 Å². The van der Waals surface area contributed by atoms with Crippen LogP contribution in [0.4, 0.5) is 18.9 Å². The van der Waals surface area contributed by atoms with Crippen LogP contribution in [0.2, 0.25) is 0 Å². The first-order valence-electron chi connectivity index (χ1n) is 10.8. The second kappa shape index (κ2) is 9.30. The van der Waals surface area contributed by atoms with Crippen LogP contribution in [-0.2, 0) is 22.3 Å². The van der Waals surface area contributed by atoms with Gasteiger partial charge in [-0.25, -0.2) is 0 Å². The Kier molecular flexibility index (Phi) is 6.48. The normalized spacial score (nSPS) is 18.1. The van der Waals surface area contributed by atoms with Crippen molar-refractivity contribution in [3.63, 3.8) is 0 Å².